The molecule has 0 radical (unpaired) electrons. The number of hydrogen-bond donors (Lipinski definition) is 0. The molecule has 1 saturated heterocycles. The molecular weight excluding hydrogens is 322 g/mol. The van der Waals surface area contributed by atoms with Crippen molar-refractivity contribution < 1.29 is 4.79 Å². The second-order valence-electron chi connectivity index (χ2n) is 7.39. The van der Waals surface area contributed by atoms with Crippen LogP contribution in [0.1, 0.15) is 29.7 Å². The highest BCUT2D eigenvalue weighted by atomic mass is 16.2. The number of rotatable bonds is 4. The zero-order chi connectivity index (χ0) is 17.9. The van der Waals surface area contributed by atoms with Gasteiger partial charge >= 0.3 is 0 Å². The molecule has 2 aromatic heterocycles. The first kappa shape index (κ1) is 16.8. The van der Waals surface area contributed by atoms with E-state index in [1.807, 2.05) is 27.8 Å². The number of benzene rings is 1. The van der Waals surface area contributed by atoms with Gasteiger partial charge in [0.2, 0.25) is 5.91 Å². The Kier molecular flexibility index (Phi) is 4.74. The fourth-order valence-electron chi connectivity index (χ4n) is 3.82. The number of fused-ring (bicyclic) bond motifs is 1. The van der Waals surface area contributed by atoms with Crippen LogP contribution in [0.2, 0.25) is 0 Å². The van der Waals surface area contributed by atoms with Gasteiger partial charge in [0.05, 0.1) is 12.1 Å². The molecule has 1 amide bonds. The molecular formula is C22H25N3O. The lowest BCUT2D eigenvalue weighted by atomic mass is 9.90. The lowest BCUT2D eigenvalue weighted by Gasteiger charge is -2.32. The van der Waals surface area contributed by atoms with Crippen LogP contribution in [0.3, 0.4) is 0 Å². The van der Waals surface area contributed by atoms with Crippen LogP contribution in [0, 0.1) is 12.8 Å². The molecule has 1 aromatic carbocycles. The number of aromatic nitrogens is 2. The van der Waals surface area contributed by atoms with E-state index in [0.717, 1.165) is 43.7 Å². The summed E-state index contributed by atoms with van der Waals surface area (Å²) in [7, 11) is 0. The first-order chi connectivity index (χ1) is 12.7. The Morgan fingerprint density at radius 1 is 1.15 bits per heavy atom. The van der Waals surface area contributed by atoms with Crippen molar-refractivity contribution >= 4 is 11.6 Å². The molecule has 0 aliphatic carbocycles. The second-order valence-corrected chi connectivity index (χ2v) is 7.39. The Morgan fingerprint density at radius 2 is 1.92 bits per heavy atom. The van der Waals surface area contributed by atoms with Crippen LogP contribution in [-0.4, -0.2) is 33.3 Å². The summed E-state index contributed by atoms with van der Waals surface area (Å²) < 4.78 is 1.99. The molecule has 3 aromatic rings. The molecule has 4 nitrogen and oxygen atoms in total. The van der Waals surface area contributed by atoms with Crippen LogP contribution in [0.25, 0.3) is 5.65 Å². The molecule has 1 fully saturated rings. The van der Waals surface area contributed by atoms with Gasteiger partial charge in [-0.05, 0) is 55.4 Å². The fourth-order valence-corrected chi connectivity index (χ4v) is 3.82. The highest BCUT2D eigenvalue weighted by Gasteiger charge is 2.23. The molecule has 0 unspecified atom stereocenters. The average Bonchev–Trinajstić information content (AvgIpc) is 3.04. The predicted octanol–water partition coefficient (Wildman–Crippen LogP) is 3.67. The van der Waals surface area contributed by atoms with Crippen molar-refractivity contribution in [3.8, 4) is 0 Å². The fraction of sp³-hybridized carbons (Fsp3) is 0.364. The van der Waals surface area contributed by atoms with E-state index in [1.54, 1.807) is 0 Å². The molecule has 0 bridgehead atoms. The average molecular weight is 347 g/mol. The third kappa shape index (κ3) is 3.79. The lowest BCUT2D eigenvalue weighted by Crippen LogP contribution is -2.39. The molecule has 4 rings (SSSR count). The van der Waals surface area contributed by atoms with Gasteiger partial charge in [-0.25, -0.2) is 4.98 Å². The van der Waals surface area contributed by atoms with Crippen molar-refractivity contribution in [3.63, 3.8) is 0 Å². The summed E-state index contributed by atoms with van der Waals surface area (Å²) in [6.45, 7) is 3.78. The summed E-state index contributed by atoms with van der Waals surface area (Å²) in [5.74, 6) is 0.878. The lowest BCUT2D eigenvalue weighted by molar-refractivity contribution is -0.131. The number of pyridine rings is 1. The number of aryl methyl sites for hydroxylation is 1. The van der Waals surface area contributed by atoms with Gasteiger partial charge in [-0.3, -0.25) is 4.79 Å². The summed E-state index contributed by atoms with van der Waals surface area (Å²) in [4.78, 5) is 19.3. The molecule has 3 heterocycles. The second kappa shape index (κ2) is 7.32. The van der Waals surface area contributed by atoms with E-state index in [-0.39, 0.29) is 5.91 Å². The van der Waals surface area contributed by atoms with Gasteiger partial charge in [-0.2, -0.15) is 0 Å². The van der Waals surface area contributed by atoms with Crippen LogP contribution in [-0.2, 0) is 17.6 Å². The number of nitrogens with zero attached hydrogens (tertiary/aromatic N) is 3. The summed E-state index contributed by atoms with van der Waals surface area (Å²) in [6, 6.07) is 14.8. The zero-order valence-electron chi connectivity index (χ0n) is 15.3. The van der Waals surface area contributed by atoms with E-state index in [1.165, 1.54) is 11.1 Å². The Morgan fingerprint density at radius 3 is 2.69 bits per heavy atom. The molecule has 0 atom stereocenters. The van der Waals surface area contributed by atoms with Crippen molar-refractivity contribution in [3.05, 3.63) is 71.7 Å². The topological polar surface area (TPSA) is 37.6 Å². The minimum atomic E-state index is 0.197. The molecule has 134 valence electrons. The van der Waals surface area contributed by atoms with Crippen molar-refractivity contribution in [2.75, 3.05) is 13.1 Å². The number of hydrogen-bond acceptors (Lipinski definition) is 2. The van der Waals surface area contributed by atoms with Crippen LogP contribution in [0.15, 0.2) is 54.9 Å². The predicted molar refractivity (Wildman–Crippen MR) is 103 cm³/mol. The Labute approximate surface area is 154 Å². The minimum Gasteiger partial charge on any atom is -0.342 e. The smallest absolute Gasteiger partial charge is 0.228 e. The monoisotopic (exact) mass is 347 g/mol. The first-order valence-electron chi connectivity index (χ1n) is 9.43. The maximum atomic E-state index is 12.7. The SMILES string of the molecule is Cc1ccn2cc(CC(=O)N3CCC(Cc4ccccc4)CC3)nc2c1. The molecule has 0 spiro atoms. The molecule has 26 heavy (non-hydrogen) atoms. The summed E-state index contributed by atoms with van der Waals surface area (Å²) in [5, 5.41) is 0. The Bertz CT molecular complexity index is 892. The number of amides is 1. The first-order valence-corrected chi connectivity index (χ1v) is 9.43. The largest absolute Gasteiger partial charge is 0.342 e. The maximum Gasteiger partial charge on any atom is 0.228 e. The Hall–Kier alpha value is -2.62. The Balaban J connectivity index is 1.33. The molecule has 0 N–H and O–H groups in total. The van der Waals surface area contributed by atoms with Gasteiger partial charge in [0, 0.05) is 25.5 Å². The van der Waals surface area contributed by atoms with Crippen LogP contribution < -0.4 is 0 Å². The standard InChI is InChI=1S/C22H25N3O/c1-17-7-10-25-16-20(23-21(25)13-17)15-22(26)24-11-8-19(9-12-24)14-18-5-3-2-4-6-18/h2-7,10,13,16,19H,8-9,11-12,14-15H2,1H3. The number of likely N-dealkylation sites (tertiary alicyclic amines) is 1. The van der Waals surface area contributed by atoms with E-state index < -0.39 is 0 Å². The maximum absolute atomic E-state index is 12.7. The zero-order valence-corrected chi connectivity index (χ0v) is 15.3. The van der Waals surface area contributed by atoms with Crippen molar-refractivity contribution in [2.45, 2.75) is 32.6 Å². The summed E-state index contributed by atoms with van der Waals surface area (Å²) in [5.41, 5.74) is 4.35. The van der Waals surface area contributed by atoms with Gasteiger partial charge in [0.25, 0.3) is 0 Å². The highest BCUT2D eigenvalue weighted by Crippen LogP contribution is 2.22. The van der Waals surface area contributed by atoms with E-state index >= 15 is 0 Å². The third-order valence-electron chi connectivity index (χ3n) is 5.33. The van der Waals surface area contributed by atoms with Gasteiger partial charge in [0.1, 0.15) is 5.65 Å². The van der Waals surface area contributed by atoms with Crippen molar-refractivity contribution in [1.29, 1.82) is 0 Å². The number of piperidine rings is 1. The number of carbonyl (C=O) groups excluding carboxylic acids is 1. The molecule has 4 heteroatoms. The van der Waals surface area contributed by atoms with Gasteiger partial charge in [0.15, 0.2) is 0 Å². The molecule has 0 saturated carbocycles. The van der Waals surface area contributed by atoms with Crippen molar-refractivity contribution in [1.82, 2.24) is 14.3 Å². The molecule has 1 aliphatic rings. The highest BCUT2D eigenvalue weighted by molar-refractivity contribution is 5.78. The van der Waals surface area contributed by atoms with Crippen LogP contribution >= 0.6 is 0 Å². The summed E-state index contributed by atoms with van der Waals surface area (Å²) >= 11 is 0. The number of imidazole rings is 1. The summed E-state index contributed by atoms with van der Waals surface area (Å²) in [6.07, 6.45) is 7.66. The van der Waals surface area contributed by atoms with Crippen LogP contribution in [0.4, 0.5) is 0 Å². The third-order valence-corrected chi connectivity index (χ3v) is 5.33. The quantitative estimate of drug-likeness (QED) is 0.722. The van der Waals surface area contributed by atoms with E-state index in [2.05, 4.69) is 48.3 Å². The molecule has 1 aliphatic heterocycles. The van der Waals surface area contributed by atoms with Crippen LogP contribution in [0.5, 0.6) is 0 Å². The van der Waals surface area contributed by atoms with Crippen molar-refractivity contribution in [2.24, 2.45) is 5.92 Å². The van der Waals surface area contributed by atoms with E-state index in [4.69, 9.17) is 0 Å². The minimum absolute atomic E-state index is 0.197. The number of carbonyl (C=O) groups is 1. The normalized spacial score (nSPS) is 15.5. The van der Waals surface area contributed by atoms with Gasteiger partial charge in [-0.1, -0.05) is 30.3 Å². The van der Waals surface area contributed by atoms with E-state index in [0.29, 0.717) is 12.3 Å². The van der Waals surface area contributed by atoms with E-state index in [9.17, 15) is 4.79 Å². The van der Waals surface area contributed by atoms with Gasteiger partial charge in [-0.15, -0.1) is 0 Å². The van der Waals surface area contributed by atoms with Gasteiger partial charge < -0.3 is 9.30 Å².